The second kappa shape index (κ2) is 5.84. The van der Waals surface area contributed by atoms with Gasteiger partial charge in [-0.05, 0) is 37.3 Å². The topological polar surface area (TPSA) is 96.5 Å². The van der Waals surface area contributed by atoms with E-state index in [0.29, 0.717) is 18.7 Å². The molecule has 7 heteroatoms. The van der Waals surface area contributed by atoms with Gasteiger partial charge in [-0.15, -0.1) is 0 Å². The fourth-order valence-corrected chi connectivity index (χ4v) is 4.45. The van der Waals surface area contributed by atoms with Gasteiger partial charge < -0.3 is 19.8 Å². The van der Waals surface area contributed by atoms with E-state index in [4.69, 9.17) is 0 Å². The number of rotatable bonds is 4. The van der Waals surface area contributed by atoms with E-state index in [1.165, 1.54) is 4.90 Å². The number of aromatic nitrogens is 1. The highest BCUT2D eigenvalue weighted by Crippen LogP contribution is 2.44. The second-order valence-electron chi connectivity index (χ2n) is 7.92. The fourth-order valence-electron chi connectivity index (χ4n) is 4.45. The van der Waals surface area contributed by atoms with Crippen molar-refractivity contribution in [2.24, 2.45) is 5.92 Å². The summed E-state index contributed by atoms with van der Waals surface area (Å²) in [5, 5.41) is 12.8. The zero-order valence-electron chi connectivity index (χ0n) is 15.6. The number of nitrogens with zero attached hydrogens (tertiary/aromatic N) is 2. The molecule has 2 aliphatic heterocycles. The Labute approximate surface area is 156 Å². The summed E-state index contributed by atoms with van der Waals surface area (Å²) in [4.78, 5) is 43.8. The number of carbonyl (C=O) groups is 3. The SMILES string of the molecule is CC(C)C[C@@H](C(=O)[O-])N1C(=O)N2CCc3c([nH]c4ccccc34)[C@]2(C)C1=O. The first-order chi connectivity index (χ1) is 12.8. The number of carboxylic acid groups (broad SMARTS) is 1. The van der Waals surface area contributed by atoms with Crippen LogP contribution in [-0.2, 0) is 21.5 Å². The summed E-state index contributed by atoms with van der Waals surface area (Å²) in [5.41, 5.74) is 1.37. The molecule has 0 saturated carbocycles. The number of carboxylic acids is 1. The van der Waals surface area contributed by atoms with Gasteiger partial charge in [0.05, 0.1) is 17.7 Å². The van der Waals surface area contributed by atoms with Gasteiger partial charge in [-0.25, -0.2) is 4.79 Å². The third-order valence-corrected chi connectivity index (χ3v) is 5.78. The predicted molar refractivity (Wildman–Crippen MR) is 96.6 cm³/mol. The van der Waals surface area contributed by atoms with Gasteiger partial charge >= 0.3 is 6.03 Å². The summed E-state index contributed by atoms with van der Waals surface area (Å²) in [6, 6.07) is 5.96. The van der Waals surface area contributed by atoms with Gasteiger partial charge in [0.2, 0.25) is 0 Å². The van der Waals surface area contributed by atoms with Crippen LogP contribution in [-0.4, -0.2) is 45.3 Å². The Hall–Kier alpha value is -2.83. The van der Waals surface area contributed by atoms with Crippen LogP contribution in [0.5, 0.6) is 0 Å². The third kappa shape index (κ3) is 2.30. The highest BCUT2D eigenvalue weighted by Gasteiger charge is 2.60. The van der Waals surface area contributed by atoms with Crippen LogP contribution in [0, 0.1) is 5.92 Å². The van der Waals surface area contributed by atoms with E-state index in [1.54, 1.807) is 6.92 Å². The van der Waals surface area contributed by atoms with Crippen LogP contribution < -0.4 is 5.11 Å². The number of hydrogen-bond donors (Lipinski definition) is 1. The summed E-state index contributed by atoms with van der Waals surface area (Å²) < 4.78 is 0. The molecule has 1 aromatic heterocycles. The number of aromatic amines is 1. The Balaban J connectivity index is 1.84. The Bertz CT molecular complexity index is 963. The van der Waals surface area contributed by atoms with Gasteiger partial charge in [-0.2, -0.15) is 0 Å². The molecule has 3 amide bonds. The summed E-state index contributed by atoms with van der Waals surface area (Å²) in [5.74, 6) is -1.90. The van der Waals surface area contributed by atoms with Gasteiger partial charge in [0.15, 0.2) is 5.54 Å². The van der Waals surface area contributed by atoms with Crippen molar-refractivity contribution < 1.29 is 19.5 Å². The van der Waals surface area contributed by atoms with Crippen LogP contribution in [0.2, 0.25) is 0 Å². The molecule has 0 unspecified atom stereocenters. The molecule has 1 N–H and O–H groups in total. The number of carbonyl (C=O) groups excluding carboxylic acids is 3. The molecule has 27 heavy (non-hydrogen) atoms. The monoisotopic (exact) mass is 368 g/mol. The molecular formula is C20H22N3O4-. The molecule has 1 saturated heterocycles. The van der Waals surface area contributed by atoms with Gasteiger partial charge in [0.1, 0.15) is 0 Å². The first-order valence-electron chi connectivity index (χ1n) is 9.23. The Morgan fingerprint density at radius 1 is 1.30 bits per heavy atom. The Morgan fingerprint density at radius 2 is 2.00 bits per heavy atom. The zero-order chi connectivity index (χ0) is 19.5. The van der Waals surface area contributed by atoms with Crippen LogP contribution >= 0.6 is 0 Å². The summed E-state index contributed by atoms with van der Waals surface area (Å²) in [6.07, 6.45) is 0.783. The molecule has 2 atom stereocenters. The maximum absolute atomic E-state index is 13.4. The van der Waals surface area contributed by atoms with Crippen molar-refractivity contribution in [3.63, 3.8) is 0 Å². The van der Waals surface area contributed by atoms with E-state index in [2.05, 4.69) is 4.98 Å². The van der Waals surface area contributed by atoms with E-state index < -0.39 is 29.5 Å². The van der Waals surface area contributed by atoms with Gasteiger partial charge in [-0.1, -0.05) is 32.0 Å². The smallest absolute Gasteiger partial charge is 0.328 e. The van der Waals surface area contributed by atoms with Crippen LogP contribution in [0.15, 0.2) is 24.3 Å². The maximum Gasteiger partial charge on any atom is 0.328 e. The number of nitrogens with one attached hydrogen (secondary N) is 1. The lowest BCUT2D eigenvalue weighted by molar-refractivity contribution is -0.311. The number of benzene rings is 1. The number of para-hydroxylation sites is 1. The molecule has 0 aliphatic carbocycles. The van der Waals surface area contributed by atoms with E-state index in [9.17, 15) is 19.5 Å². The van der Waals surface area contributed by atoms with Crippen molar-refractivity contribution in [3.8, 4) is 0 Å². The molecule has 0 radical (unpaired) electrons. The van der Waals surface area contributed by atoms with Crippen molar-refractivity contribution in [1.29, 1.82) is 0 Å². The highest BCUT2D eigenvalue weighted by atomic mass is 16.4. The van der Waals surface area contributed by atoms with Crippen LogP contribution in [0.4, 0.5) is 4.79 Å². The molecule has 0 bridgehead atoms. The first-order valence-corrected chi connectivity index (χ1v) is 9.23. The van der Waals surface area contributed by atoms with E-state index in [1.807, 2.05) is 38.1 Å². The van der Waals surface area contributed by atoms with E-state index in [0.717, 1.165) is 21.4 Å². The lowest BCUT2D eigenvalue weighted by Gasteiger charge is -2.36. The van der Waals surface area contributed by atoms with Crippen LogP contribution in [0.1, 0.15) is 38.4 Å². The Morgan fingerprint density at radius 3 is 2.67 bits per heavy atom. The minimum atomic E-state index is -1.40. The van der Waals surface area contributed by atoms with Crippen molar-refractivity contribution >= 4 is 28.8 Å². The predicted octanol–water partition coefficient (Wildman–Crippen LogP) is 1.37. The molecule has 7 nitrogen and oxygen atoms in total. The minimum Gasteiger partial charge on any atom is -0.548 e. The van der Waals surface area contributed by atoms with Crippen molar-refractivity contribution in [1.82, 2.24) is 14.8 Å². The van der Waals surface area contributed by atoms with Crippen molar-refractivity contribution in [2.75, 3.05) is 6.54 Å². The van der Waals surface area contributed by atoms with Crippen molar-refractivity contribution in [3.05, 3.63) is 35.5 Å². The molecule has 2 aromatic rings. The third-order valence-electron chi connectivity index (χ3n) is 5.78. The number of fused-ring (bicyclic) bond motifs is 5. The number of amides is 3. The average Bonchev–Trinajstić information content (AvgIpc) is 3.08. The normalized spacial score (nSPS) is 23.1. The summed E-state index contributed by atoms with van der Waals surface area (Å²) in [6.45, 7) is 5.77. The second-order valence-corrected chi connectivity index (χ2v) is 7.92. The van der Waals surface area contributed by atoms with Gasteiger partial charge in [0.25, 0.3) is 5.91 Å². The lowest BCUT2D eigenvalue weighted by atomic mass is 9.87. The van der Waals surface area contributed by atoms with Crippen molar-refractivity contribution in [2.45, 2.75) is 45.2 Å². The molecular weight excluding hydrogens is 346 g/mol. The fraction of sp³-hybridized carbons (Fsp3) is 0.450. The average molecular weight is 368 g/mol. The quantitative estimate of drug-likeness (QED) is 0.824. The number of H-pyrrole nitrogens is 1. The number of imide groups is 1. The van der Waals surface area contributed by atoms with Crippen LogP contribution in [0.25, 0.3) is 10.9 Å². The van der Waals surface area contributed by atoms with E-state index >= 15 is 0 Å². The molecule has 142 valence electrons. The number of urea groups is 1. The van der Waals surface area contributed by atoms with E-state index in [-0.39, 0.29) is 12.3 Å². The first kappa shape index (κ1) is 17.6. The highest BCUT2D eigenvalue weighted by molar-refractivity contribution is 6.10. The summed E-state index contributed by atoms with van der Waals surface area (Å²) in [7, 11) is 0. The molecule has 2 aliphatic rings. The standard InChI is InChI=1S/C20H23N3O4/c1-11(2)10-15(17(24)25)23-18(26)20(3)16-13(8-9-22(20)19(23)27)12-6-4-5-7-14(12)21-16/h4-7,11,15,21H,8-10H2,1-3H3,(H,24,25)/p-1/t15-,20+/m0/s1. The molecule has 3 heterocycles. The largest absolute Gasteiger partial charge is 0.548 e. The summed E-state index contributed by atoms with van der Waals surface area (Å²) >= 11 is 0. The lowest BCUT2D eigenvalue weighted by Crippen LogP contribution is -2.52. The minimum absolute atomic E-state index is 0.00238. The van der Waals surface area contributed by atoms with Gasteiger partial charge in [0, 0.05) is 17.4 Å². The zero-order valence-corrected chi connectivity index (χ0v) is 15.6. The number of aliphatic carboxylic acids is 1. The molecule has 4 rings (SSSR count). The number of hydrogen-bond acceptors (Lipinski definition) is 4. The molecule has 0 spiro atoms. The van der Waals surface area contributed by atoms with Crippen LogP contribution in [0.3, 0.4) is 0 Å². The molecule has 1 fully saturated rings. The Kier molecular flexibility index (Phi) is 3.80. The maximum atomic E-state index is 13.4. The van der Waals surface area contributed by atoms with Gasteiger partial charge in [-0.3, -0.25) is 9.69 Å². The molecule has 1 aromatic carbocycles.